The van der Waals surface area contributed by atoms with E-state index in [-0.39, 0.29) is 6.10 Å². The Hall–Kier alpha value is -1.73. The highest BCUT2D eigenvalue weighted by Gasteiger charge is 2.36. The van der Waals surface area contributed by atoms with Gasteiger partial charge in [-0.2, -0.15) is 0 Å². The van der Waals surface area contributed by atoms with Crippen molar-refractivity contribution in [2.24, 2.45) is 0 Å². The monoisotopic (exact) mass is 302 g/mol. The third-order valence-electron chi connectivity index (χ3n) is 4.71. The van der Waals surface area contributed by atoms with Gasteiger partial charge >= 0.3 is 0 Å². The molecule has 0 radical (unpaired) electrons. The molecule has 1 saturated heterocycles. The van der Waals surface area contributed by atoms with Crippen LogP contribution in [-0.4, -0.2) is 48.6 Å². The van der Waals surface area contributed by atoms with Crippen molar-refractivity contribution in [3.05, 3.63) is 30.1 Å². The molecule has 0 N–H and O–H groups in total. The van der Waals surface area contributed by atoms with Crippen LogP contribution in [0.4, 0.5) is 0 Å². The summed E-state index contributed by atoms with van der Waals surface area (Å²) in [6, 6.07) is 0.774. The van der Waals surface area contributed by atoms with E-state index in [9.17, 15) is 0 Å². The highest BCUT2D eigenvalue weighted by Crippen LogP contribution is 2.31. The fraction of sp³-hybridized carbons (Fsp3) is 0.667. The molecule has 2 aromatic heterocycles. The zero-order chi connectivity index (χ0) is 15.1. The normalized spacial score (nSPS) is 25.2. The Kier molecular flexibility index (Phi) is 3.46. The van der Waals surface area contributed by atoms with E-state index in [4.69, 9.17) is 4.74 Å². The Morgan fingerprint density at radius 2 is 2.27 bits per heavy atom. The summed E-state index contributed by atoms with van der Waals surface area (Å²) in [5.41, 5.74) is 2.36. The maximum absolute atomic E-state index is 6.03. The van der Waals surface area contributed by atoms with Gasteiger partial charge in [-0.1, -0.05) is 5.21 Å². The van der Waals surface area contributed by atoms with Crippen molar-refractivity contribution in [1.82, 2.24) is 29.4 Å². The predicted molar refractivity (Wildman–Crippen MR) is 80.1 cm³/mol. The van der Waals surface area contributed by atoms with Gasteiger partial charge in [0.25, 0.3) is 0 Å². The molecule has 118 valence electrons. The Labute approximate surface area is 129 Å². The Bertz CT molecular complexity index is 648. The number of hydrogen-bond donors (Lipinski definition) is 0. The van der Waals surface area contributed by atoms with Gasteiger partial charge in [0, 0.05) is 31.9 Å². The molecule has 2 aliphatic rings. The second-order valence-electron chi connectivity index (χ2n) is 6.50. The number of nitrogens with zero attached hydrogens (tertiary/aromatic N) is 6. The number of ether oxygens (including phenoxy) is 1. The average molecular weight is 302 g/mol. The highest BCUT2D eigenvalue weighted by atomic mass is 16.5. The number of aromatic nitrogens is 5. The minimum atomic E-state index is 0.207. The number of rotatable bonds is 3. The summed E-state index contributed by atoms with van der Waals surface area (Å²) < 4.78 is 10.3. The second-order valence-corrected chi connectivity index (χ2v) is 6.50. The average Bonchev–Trinajstić information content (AvgIpc) is 3.15. The van der Waals surface area contributed by atoms with E-state index in [0.29, 0.717) is 18.7 Å². The molecule has 1 fully saturated rings. The number of hydrogen-bond acceptors (Lipinski definition) is 5. The summed E-state index contributed by atoms with van der Waals surface area (Å²) in [6.07, 6.45) is 6.97. The molecule has 2 atom stereocenters. The molecule has 4 rings (SSSR count). The molecule has 0 saturated carbocycles. The molecule has 2 aliphatic heterocycles. The zero-order valence-corrected chi connectivity index (χ0v) is 13.1. The number of fused-ring (bicyclic) bond motifs is 3. The Morgan fingerprint density at radius 3 is 3.14 bits per heavy atom. The van der Waals surface area contributed by atoms with Crippen molar-refractivity contribution in [2.45, 2.75) is 51.6 Å². The van der Waals surface area contributed by atoms with Crippen LogP contribution in [0.3, 0.4) is 0 Å². The lowest BCUT2D eigenvalue weighted by atomic mass is 10.00. The van der Waals surface area contributed by atoms with E-state index in [0.717, 1.165) is 31.7 Å². The lowest BCUT2D eigenvalue weighted by Crippen LogP contribution is -2.48. The van der Waals surface area contributed by atoms with Crippen LogP contribution >= 0.6 is 0 Å². The van der Waals surface area contributed by atoms with Crippen LogP contribution in [0.1, 0.15) is 43.7 Å². The SMILES string of the molecule is CC(C)n1cncc1CN1CC[C@H]2[C@H](C1)OCc1cnnn12. The lowest BCUT2D eigenvalue weighted by molar-refractivity contribution is -0.0707. The van der Waals surface area contributed by atoms with Gasteiger partial charge in [0.2, 0.25) is 0 Å². The zero-order valence-electron chi connectivity index (χ0n) is 13.1. The first-order chi connectivity index (χ1) is 10.7. The first-order valence-electron chi connectivity index (χ1n) is 7.96. The van der Waals surface area contributed by atoms with Crippen molar-refractivity contribution < 1.29 is 4.74 Å². The summed E-state index contributed by atoms with van der Waals surface area (Å²) in [6.45, 7) is 7.91. The van der Waals surface area contributed by atoms with Gasteiger partial charge in [-0.15, -0.1) is 5.10 Å². The molecule has 0 aliphatic carbocycles. The van der Waals surface area contributed by atoms with E-state index in [1.54, 1.807) is 0 Å². The van der Waals surface area contributed by atoms with E-state index >= 15 is 0 Å². The fourth-order valence-electron chi connectivity index (χ4n) is 3.54. The third kappa shape index (κ3) is 2.34. The van der Waals surface area contributed by atoms with E-state index in [2.05, 4.69) is 43.3 Å². The molecule has 2 aromatic rings. The van der Waals surface area contributed by atoms with Crippen molar-refractivity contribution >= 4 is 0 Å². The van der Waals surface area contributed by atoms with Crippen LogP contribution < -0.4 is 0 Å². The van der Waals surface area contributed by atoms with Crippen LogP contribution in [0.5, 0.6) is 0 Å². The minimum Gasteiger partial charge on any atom is -0.368 e. The predicted octanol–water partition coefficient (Wildman–Crippen LogP) is 1.40. The topological polar surface area (TPSA) is 61.0 Å². The van der Waals surface area contributed by atoms with Gasteiger partial charge in [0.15, 0.2) is 0 Å². The number of imidazole rings is 1. The van der Waals surface area contributed by atoms with Gasteiger partial charge in [0.05, 0.1) is 42.7 Å². The van der Waals surface area contributed by atoms with Gasteiger partial charge in [0.1, 0.15) is 0 Å². The Balaban J connectivity index is 1.46. The van der Waals surface area contributed by atoms with Crippen molar-refractivity contribution in [2.75, 3.05) is 13.1 Å². The fourth-order valence-corrected chi connectivity index (χ4v) is 3.54. The van der Waals surface area contributed by atoms with Crippen molar-refractivity contribution in [3.63, 3.8) is 0 Å². The smallest absolute Gasteiger partial charge is 0.0951 e. The van der Waals surface area contributed by atoms with Crippen LogP contribution in [0.15, 0.2) is 18.7 Å². The molecule has 0 aromatic carbocycles. The molecule has 4 heterocycles. The Morgan fingerprint density at radius 1 is 1.36 bits per heavy atom. The van der Waals surface area contributed by atoms with E-state index in [1.807, 2.05) is 18.7 Å². The standard InChI is InChI=1S/C15H22N6O/c1-11(2)20-10-16-5-12(20)7-19-4-3-14-15(8-19)22-9-13-6-17-18-21(13)14/h5-6,10-11,14-15H,3-4,7-9H2,1-2H3/t14-,15-/m0/s1. The lowest BCUT2D eigenvalue weighted by Gasteiger charge is -2.41. The highest BCUT2D eigenvalue weighted by molar-refractivity contribution is 5.03. The van der Waals surface area contributed by atoms with Crippen LogP contribution in [0, 0.1) is 0 Å². The summed E-state index contributed by atoms with van der Waals surface area (Å²) in [4.78, 5) is 6.75. The largest absolute Gasteiger partial charge is 0.368 e. The summed E-state index contributed by atoms with van der Waals surface area (Å²) in [5, 5.41) is 8.25. The molecular weight excluding hydrogens is 280 g/mol. The summed E-state index contributed by atoms with van der Waals surface area (Å²) in [7, 11) is 0. The first-order valence-corrected chi connectivity index (χ1v) is 7.96. The van der Waals surface area contributed by atoms with Crippen LogP contribution in [-0.2, 0) is 17.9 Å². The van der Waals surface area contributed by atoms with Gasteiger partial charge in [-0.25, -0.2) is 9.67 Å². The maximum atomic E-state index is 6.03. The second kappa shape index (κ2) is 5.48. The van der Waals surface area contributed by atoms with Crippen LogP contribution in [0.25, 0.3) is 0 Å². The number of likely N-dealkylation sites (tertiary alicyclic amines) is 1. The molecule has 0 spiro atoms. The molecule has 7 heteroatoms. The van der Waals surface area contributed by atoms with E-state index in [1.165, 1.54) is 5.69 Å². The quantitative estimate of drug-likeness (QED) is 0.858. The first kappa shape index (κ1) is 13.9. The third-order valence-corrected chi connectivity index (χ3v) is 4.71. The van der Waals surface area contributed by atoms with Gasteiger partial charge < -0.3 is 9.30 Å². The van der Waals surface area contributed by atoms with E-state index < -0.39 is 0 Å². The molecule has 0 unspecified atom stereocenters. The van der Waals surface area contributed by atoms with Gasteiger partial charge in [-0.3, -0.25) is 4.90 Å². The van der Waals surface area contributed by atoms with Crippen LogP contribution in [0.2, 0.25) is 0 Å². The molecule has 0 bridgehead atoms. The maximum Gasteiger partial charge on any atom is 0.0951 e. The minimum absolute atomic E-state index is 0.207. The molecule has 7 nitrogen and oxygen atoms in total. The molecule has 22 heavy (non-hydrogen) atoms. The van der Waals surface area contributed by atoms with Crippen molar-refractivity contribution in [3.8, 4) is 0 Å². The molecule has 0 amide bonds. The molecular formula is C15H22N6O. The van der Waals surface area contributed by atoms with Crippen molar-refractivity contribution in [1.29, 1.82) is 0 Å². The summed E-state index contributed by atoms with van der Waals surface area (Å²) in [5.74, 6) is 0. The summed E-state index contributed by atoms with van der Waals surface area (Å²) >= 11 is 0. The van der Waals surface area contributed by atoms with Gasteiger partial charge in [-0.05, 0) is 20.3 Å². The number of piperidine rings is 1.